The number of carbonyl (C=O) groups excluding carboxylic acids is 2. The number of anilines is 1. The summed E-state index contributed by atoms with van der Waals surface area (Å²) in [6, 6.07) is 7.53. The average Bonchev–Trinajstić information content (AvgIpc) is 2.93. The van der Waals surface area contributed by atoms with E-state index in [0.29, 0.717) is 18.9 Å². The molecule has 122 valence electrons. The fourth-order valence-corrected chi connectivity index (χ4v) is 2.81. The maximum absolute atomic E-state index is 11.7. The predicted octanol–water partition coefficient (Wildman–Crippen LogP) is 3.43. The van der Waals surface area contributed by atoms with Gasteiger partial charge in [-0.3, -0.25) is 9.59 Å². The zero-order valence-electron chi connectivity index (χ0n) is 13.6. The third-order valence-electron chi connectivity index (χ3n) is 3.08. The molecule has 1 aromatic carbocycles. The van der Waals surface area contributed by atoms with Crippen LogP contribution in [0.3, 0.4) is 0 Å². The van der Waals surface area contributed by atoms with Crippen molar-refractivity contribution in [3.8, 4) is 11.3 Å². The van der Waals surface area contributed by atoms with E-state index >= 15 is 0 Å². The summed E-state index contributed by atoms with van der Waals surface area (Å²) in [6.45, 7) is 5.98. The average molecular weight is 331 g/mol. The molecule has 2 aromatic rings. The molecule has 6 heteroatoms. The van der Waals surface area contributed by atoms with Crippen molar-refractivity contribution < 1.29 is 9.59 Å². The third-order valence-corrected chi connectivity index (χ3v) is 3.93. The van der Waals surface area contributed by atoms with Crippen LogP contribution in [-0.4, -0.2) is 16.8 Å². The summed E-state index contributed by atoms with van der Waals surface area (Å²) < 4.78 is 0. The van der Waals surface area contributed by atoms with Gasteiger partial charge in [0.25, 0.3) is 0 Å². The number of aromatic nitrogens is 1. The summed E-state index contributed by atoms with van der Waals surface area (Å²) in [6.07, 6.45) is 0.531. The SMILES string of the molecule is CC(=O)Nc1ccc(-c2csc(CNC(=O)CC(C)C)n2)cc1. The van der Waals surface area contributed by atoms with E-state index in [2.05, 4.69) is 15.6 Å². The smallest absolute Gasteiger partial charge is 0.221 e. The predicted molar refractivity (Wildman–Crippen MR) is 93.2 cm³/mol. The first kappa shape index (κ1) is 17.1. The minimum absolute atomic E-state index is 0.0522. The fourth-order valence-electron chi connectivity index (χ4n) is 2.07. The molecule has 5 nitrogen and oxygen atoms in total. The molecule has 1 heterocycles. The molecule has 23 heavy (non-hydrogen) atoms. The van der Waals surface area contributed by atoms with E-state index in [0.717, 1.165) is 22.0 Å². The highest BCUT2D eigenvalue weighted by molar-refractivity contribution is 7.09. The van der Waals surface area contributed by atoms with E-state index in [1.807, 2.05) is 43.5 Å². The molecule has 0 saturated heterocycles. The molecule has 0 spiro atoms. The van der Waals surface area contributed by atoms with Gasteiger partial charge in [-0.2, -0.15) is 0 Å². The van der Waals surface area contributed by atoms with Gasteiger partial charge in [-0.15, -0.1) is 11.3 Å². The molecular weight excluding hydrogens is 310 g/mol. The molecule has 0 aliphatic heterocycles. The Hall–Kier alpha value is -2.21. The van der Waals surface area contributed by atoms with Gasteiger partial charge in [-0.05, 0) is 18.1 Å². The molecule has 0 aliphatic rings. The van der Waals surface area contributed by atoms with Crippen LogP contribution in [0.15, 0.2) is 29.6 Å². The van der Waals surface area contributed by atoms with E-state index in [1.54, 1.807) is 0 Å². The minimum atomic E-state index is -0.0918. The monoisotopic (exact) mass is 331 g/mol. The quantitative estimate of drug-likeness (QED) is 0.852. The number of amides is 2. The minimum Gasteiger partial charge on any atom is -0.350 e. The number of hydrogen-bond acceptors (Lipinski definition) is 4. The number of rotatable bonds is 6. The van der Waals surface area contributed by atoms with Crippen LogP contribution in [0.5, 0.6) is 0 Å². The first-order valence-corrected chi connectivity index (χ1v) is 8.41. The molecule has 0 bridgehead atoms. The van der Waals surface area contributed by atoms with Crippen molar-refractivity contribution in [2.24, 2.45) is 5.92 Å². The van der Waals surface area contributed by atoms with Gasteiger partial charge >= 0.3 is 0 Å². The van der Waals surface area contributed by atoms with Gasteiger partial charge in [0, 0.05) is 30.0 Å². The Morgan fingerprint density at radius 3 is 2.52 bits per heavy atom. The van der Waals surface area contributed by atoms with E-state index < -0.39 is 0 Å². The lowest BCUT2D eigenvalue weighted by Crippen LogP contribution is -2.23. The second-order valence-electron chi connectivity index (χ2n) is 5.76. The molecule has 0 aliphatic carbocycles. The maximum atomic E-state index is 11.7. The highest BCUT2D eigenvalue weighted by atomic mass is 32.1. The van der Waals surface area contributed by atoms with E-state index in [1.165, 1.54) is 18.3 Å². The number of thiazole rings is 1. The summed E-state index contributed by atoms with van der Waals surface area (Å²) in [5.41, 5.74) is 2.62. The maximum Gasteiger partial charge on any atom is 0.221 e. The Balaban J connectivity index is 1.96. The highest BCUT2D eigenvalue weighted by Gasteiger charge is 2.08. The number of carbonyl (C=O) groups is 2. The Kier molecular flexibility index (Phi) is 5.87. The van der Waals surface area contributed by atoms with Crippen molar-refractivity contribution in [3.63, 3.8) is 0 Å². The number of hydrogen-bond donors (Lipinski definition) is 2. The molecule has 0 atom stereocenters. The molecule has 0 radical (unpaired) electrons. The van der Waals surface area contributed by atoms with Crippen LogP contribution in [0.4, 0.5) is 5.69 Å². The van der Waals surface area contributed by atoms with Crippen LogP contribution in [0.2, 0.25) is 0 Å². The summed E-state index contributed by atoms with van der Waals surface area (Å²) in [5, 5.41) is 8.47. The normalized spacial score (nSPS) is 10.6. The molecule has 2 amide bonds. The summed E-state index contributed by atoms with van der Waals surface area (Å²) in [7, 11) is 0. The summed E-state index contributed by atoms with van der Waals surface area (Å²) in [5.74, 6) is 0.311. The molecule has 0 unspecified atom stereocenters. The summed E-state index contributed by atoms with van der Waals surface area (Å²) >= 11 is 1.52. The molecule has 2 rings (SSSR count). The van der Waals surface area contributed by atoms with E-state index in [-0.39, 0.29) is 11.8 Å². The lowest BCUT2D eigenvalue weighted by Gasteiger charge is -2.05. The number of nitrogens with one attached hydrogen (secondary N) is 2. The van der Waals surface area contributed by atoms with E-state index in [4.69, 9.17) is 0 Å². The standard InChI is InChI=1S/C17H21N3O2S/c1-11(2)8-16(22)18-9-17-20-15(10-23-17)13-4-6-14(7-5-13)19-12(3)21/h4-7,10-11H,8-9H2,1-3H3,(H,18,22)(H,19,21). The molecular formula is C17H21N3O2S. The Morgan fingerprint density at radius 2 is 1.91 bits per heavy atom. The van der Waals surface area contributed by atoms with Crippen LogP contribution in [0, 0.1) is 5.92 Å². The van der Waals surface area contributed by atoms with E-state index in [9.17, 15) is 9.59 Å². The molecule has 2 N–H and O–H groups in total. The highest BCUT2D eigenvalue weighted by Crippen LogP contribution is 2.23. The second kappa shape index (κ2) is 7.87. The molecule has 0 saturated carbocycles. The van der Waals surface area contributed by atoms with Crippen LogP contribution >= 0.6 is 11.3 Å². The zero-order chi connectivity index (χ0) is 16.8. The topological polar surface area (TPSA) is 71.1 Å². The lowest BCUT2D eigenvalue weighted by atomic mass is 10.1. The van der Waals surface area contributed by atoms with Gasteiger partial charge in [0.2, 0.25) is 11.8 Å². The van der Waals surface area contributed by atoms with Gasteiger partial charge in [-0.25, -0.2) is 4.98 Å². The van der Waals surface area contributed by atoms with Crippen LogP contribution in [0.25, 0.3) is 11.3 Å². The first-order chi connectivity index (χ1) is 10.9. The molecule has 1 aromatic heterocycles. The lowest BCUT2D eigenvalue weighted by molar-refractivity contribution is -0.122. The number of nitrogens with zero attached hydrogens (tertiary/aromatic N) is 1. The second-order valence-corrected chi connectivity index (χ2v) is 6.70. The van der Waals surface area contributed by atoms with Crippen molar-refractivity contribution in [3.05, 3.63) is 34.7 Å². The van der Waals surface area contributed by atoms with Gasteiger partial charge in [-0.1, -0.05) is 26.0 Å². The van der Waals surface area contributed by atoms with Crippen molar-refractivity contribution in [1.29, 1.82) is 0 Å². The van der Waals surface area contributed by atoms with Crippen molar-refractivity contribution in [2.45, 2.75) is 33.7 Å². The van der Waals surface area contributed by atoms with Crippen molar-refractivity contribution >= 4 is 28.8 Å². The Labute approximate surface area is 140 Å². The Bertz CT molecular complexity index is 677. The Morgan fingerprint density at radius 1 is 1.22 bits per heavy atom. The van der Waals surface area contributed by atoms with Crippen molar-refractivity contribution in [1.82, 2.24) is 10.3 Å². The number of benzene rings is 1. The van der Waals surface area contributed by atoms with Crippen LogP contribution in [-0.2, 0) is 16.1 Å². The molecule has 0 fully saturated rings. The van der Waals surface area contributed by atoms with Gasteiger partial charge in [0.15, 0.2) is 0 Å². The van der Waals surface area contributed by atoms with Gasteiger partial charge < -0.3 is 10.6 Å². The first-order valence-electron chi connectivity index (χ1n) is 7.53. The van der Waals surface area contributed by atoms with Gasteiger partial charge in [0.05, 0.1) is 12.2 Å². The fraction of sp³-hybridized carbons (Fsp3) is 0.353. The zero-order valence-corrected chi connectivity index (χ0v) is 14.4. The largest absolute Gasteiger partial charge is 0.350 e. The summed E-state index contributed by atoms with van der Waals surface area (Å²) in [4.78, 5) is 27.2. The van der Waals surface area contributed by atoms with Crippen LogP contribution in [0.1, 0.15) is 32.2 Å². The van der Waals surface area contributed by atoms with Crippen LogP contribution < -0.4 is 10.6 Å². The van der Waals surface area contributed by atoms with Gasteiger partial charge in [0.1, 0.15) is 5.01 Å². The third kappa shape index (κ3) is 5.49. The van der Waals surface area contributed by atoms with Crippen molar-refractivity contribution in [2.75, 3.05) is 5.32 Å².